The monoisotopic (exact) mass is 416 g/mol. The van der Waals surface area contributed by atoms with Crippen molar-refractivity contribution in [3.05, 3.63) is 46.7 Å². The van der Waals surface area contributed by atoms with Gasteiger partial charge in [0, 0.05) is 18.7 Å². The second kappa shape index (κ2) is 8.56. The second-order valence-corrected chi connectivity index (χ2v) is 7.31. The lowest BCUT2D eigenvalue weighted by Crippen LogP contribution is -2.30. The Morgan fingerprint density at radius 1 is 1.33 bits per heavy atom. The molecule has 2 aromatic heterocycles. The molecule has 1 aliphatic heterocycles. The molecule has 160 valence electrons. The largest absolute Gasteiger partial charge is 0.467 e. The van der Waals surface area contributed by atoms with E-state index in [0.717, 1.165) is 0 Å². The molecule has 0 bridgehead atoms. The highest BCUT2D eigenvalue weighted by atomic mass is 16.5. The normalized spacial score (nSPS) is 17.1. The Kier molecular flexibility index (Phi) is 6.09. The number of ketones is 1. The molecule has 2 aromatic rings. The number of esters is 2. The summed E-state index contributed by atoms with van der Waals surface area (Å²) in [6.45, 7) is 5.23. The first kappa shape index (κ1) is 21.4. The van der Waals surface area contributed by atoms with Crippen molar-refractivity contribution in [3.8, 4) is 0 Å². The van der Waals surface area contributed by atoms with Crippen LogP contribution in [0.2, 0.25) is 0 Å². The molecule has 0 aliphatic carbocycles. The predicted molar refractivity (Wildman–Crippen MR) is 104 cm³/mol. The van der Waals surface area contributed by atoms with Crippen LogP contribution in [0.25, 0.3) is 0 Å². The summed E-state index contributed by atoms with van der Waals surface area (Å²) in [5.41, 5.74) is 1.41. The van der Waals surface area contributed by atoms with E-state index in [9.17, 15) is 19.2 Å². The smallest absolute Gasteiger partial charge is 0.339 e. The summed E-state index contributed by atoms with van der Waals surface area (Å²) in [6.07, 6.45) is 0.465. The Morgan fingerprint density at radius 3 is 2.70 bits per heavy atom. The lowest BCUT2D eigenvalue weighted by molar-refractivity contribution is -0.151. The SMILES string of the molecule is COC(=O)c1c(C)[nH]c(C(=O)[C@@H](C)OC(=O)[C@@H]2CC(=O)N(Cc3ccco3)C2)c1C. The molecule has 3 rings (SSSR count). The maximum absolute atomic E-state index is 12.8. The third-order valence-corrected chi connectivity index (χ3v) is 5.21. The number of hydrogen-bond donors (Lipinski definition) is 1. The summed E-state index contributed by atoms with van der Waals surface area (Å²) in [6, 6.07) is 3.48. The van der Waals surface area contributed by atoms with Crippen molar-refractivity contribution in [1.29, 1.82) is 0 Å². The molecular weight excluding hydrogens is 392 g/mol. The zero-order valence-corrected chi connectivity index (χ0v) is 17.3. The van der Waals surface area contributed by atoms with Crippen molar-refractivity contribution < 1.29 is 33.1 Å². The number of H-pyrrole nitrogens is 1. The number of hydrogen-bond acceptors (Lipinski definition) is 7. The number of Topliss-reactive ketones (excluding diaryl/α,β-unsaturated/α-hetero) is 1. The Balaban J connectivity index is 1.64. The number of nitrogens with zero attached hydrogens (tertiary/aromatic N) is 1. The van der Waals surface area contributed by atoms with Gasteiger partial charge in [0.1, 0.15) is 5.76 Å². The molecule has 0 aromatic carbocycles. The number of aryl methyl sites for hydroxylation is 1. The van der Waals surface area contributed by atoms with Crippen LogP contribution in [0.15, 0.2) is 22.8 Å². The van der Waals surface area contributed by atoms with E-state index >= 15 is 0 Å². The number of aromatic nitrogens is 1. The third kappa shape index (κ3) is 4.14. The van der Waals surface area contributed by atoms with E-state index in [1.807, 2.05) is 0 Å². The summed E-state index contributed by atoms with van der Waals surface area (Å²) < 4.78 is 15.3. The van der Waals surface area contributed by atoms with Crippen LogP contribution in [-0.2, 0) is 25.6 Å². The molecule has 0 radical (unpaired) electrons. The molecule has 1 saturated heterocycles. The van der Waals surface area contributed by atoms with Gasteiger partial charge < -0.3 is 23.8 Å². The number of methoxy groups -OCH3 is 1. The van der Waals surface area contributed by atoms with E-state index in [1.54, 1.807) is 26.0 Å². The Labute approximate surface area is 173 Å². The molecule has 0 saturated carbocycles. The Morgan fingerprint density at radius 2 is 2.07 bits per heavy atom. The Bertz CT molecular complexity index is 974. The van der Waals surface area contributed by atoms with E-state index in [2.05, 4.69) is 4.98 Å². The highest BCUT2D eigenvalue weighted by molar-refractivity contribution is 6.04. The minimum absolute atomic E-state index is 0.0214. The average Bonchev–Trinajstić information content (AvgIpc) is 3.41. The van der Waals surface area contributed by atoms with Gasteiger partial charge in [0.2, 0.25) is 11.7 Å². The summed E-state index contributed by atoms with van der Waals surface area (Å²) in [4.78, 5) is 53.8. The maximum atomic E-state index is 12.8. The molecule has 30 heavy (non-hydrogen) atoms. The first-order chi connectivity index (χ1) is 14.2. The lowest BCUT2D eigenvalue weighted by atomic mass is 10.1. The number of amides is 1. The fourth-order valence-electron chi connectivity index (χ4n) is 3.61. The van der Waals surface area contributed by atoms with Crippen molar-refractivity contribution in [2.75, 3.05) is 13.7 Å². The van der Waals surface area contributed by atoms with E-state index < -0.39 is 29.7 Å². The molecular formula is C21H24N2O7. The van der Waals surface area contributed by atoms with Crippen LogP contribution in [0, 0.1) is 19.8 Å². The van der Waals surface area contributed by atoms with Crippen LogP contribution in [0.3, 0.4) is 0 Å². The standard InChI is InChI=1S/C21H24N2O7/c1-11-17(21(27)28-4)12(2)22-18(11)19(25)13(3)30-20(26)14-8-16(24)23(9-14)10-15-6-5-7-29-15/h5-7,13-14,22H,8-10H2,1-4H3/t13-,14-/m1/s1. The van der Waals surface area contributed by atoms with E-state index in [4.69, 9.17) is 13.9 Å². The van der Waals surface area contributed by atoms with Crippen molar-refractivity contribution in [1.82, 2.24) is 9.88 Å². The topological polar surface area (TPSA) is 119 Å². The number of rotatable bonds is 7. The Hall–Kier alpha value is -3.36. The van der Waals surface area contributed by atoms with Crippen molar-refractivity contribution >= 4 is 23.6 Å². The predicted octanol–water partition coefficient (Wildman–Crippen LogP) is 2.17. The number of carbonyl (C=O) groups excluding carboxylic acids is 4. The van der Waals surface area contributed by atoms with Crippen molar-refractivity contribution in [2.45, 2.75) is 39.8 Å². The fourth-order valence-corrected chi connectivity index (χ4v) is 3.61. The zero-order chi connectivity index (χ0) is 22.0. The molecule has 9 heteroatoms. The van der Waals surface area contributed by atoms with Gasteiger partial charge in [-0.25, -0.2) is 4.79 Å². The number of ether oxygens (including phenoxy) is 2. The second-order valence-electron chi connectivity index (χ2n) is 7.31. The lowest BCUT2D eigenvalue weighted by Gasteiger charge is -2.16. The van der Waals surface area contributed by atoms with Crippen LogP contribution in [-0.4, -0.2) is 53.3 Å². The van der Waals surface area contributed by atoms with Crippen molar-refractivity contribution in [3.63, 3.8) is 0 Å². The molecule has 2 atom stereocenters. The molecule has 0 unspecified atom stereocenters. The molecule has 1 amide bonds. The summed E-state index contributed by atoms with van der Waals surface area (Å²) in [7, 11) is 1.26. The highest BCUT2D eigenvalue weighted by Gasteiger charge is 2.37. The number of aromatic amines is 1. The zero-order valence-electron chi connectivity index (χ0n) is 17.3. The van der Waals surface area contributed by atoms with Gasteiger partial charge in [0.15, 0.2) is 6.10 Å². The minimum Gasteiger partial charge on any atom is -0.467 e. The van der Waals surface area contributed by atoms with Gasteiger partial charge in [-0.05, 0) is 38.5 Å². The molecule has 1 N–H and O–H groups in total. The molecule has 1 aliphatic rings. The van der Waals surface area contributed by atoms with E-state index in [-0.39, 0.29) is 36.7 Å². The molecule has 0 spiro atoms. The van der Waals surface area contributed by atoms with Gasteiger partial charge in [0.25, 0.3) is 0 Å². The van der Waals surface area contributed by atoms with E-state index in [0.29, 0.717) is 17.0 Å². The quantitative estimate of drug-likeness (QED) is 0.543. The third-order valence-electron chi connectivity index (χ3n) is 5.21. The number of likely N-dealkylation sites (tertiary alicyclic amines) is 1. The van der Waals surface area contributed by atoms with Crippen LogP contribution >= 0.6 is 0 Å². The van der Waals surface area contributed by atoms with Gasteiger partial charge >= 0.3 is 11.9 Å². The molecule has 1 fully saturated rings. The van der Waals surface area contributed by atoms with Crippen LogP contribution in [0.4, 0.5) is 0 Å². The average molecular weight is 416 g/mol. The van der Waals surface area contributed by atoms with Crippen LogP contribution < -0.4 is 0 Å². The van der Waals surface area contributed by atoms with Gasteiger partial charge in [-0.3, -0.25) is 14.4 Å². The van der Waals surface area contributed by atoms with Crippen LogP contribution in [0.5, 0.6) is 0 Å². The van der Waals surface area contributed by atoms with Crippen LogP contribution in [0.1, 0.15) is 51.2 Å². The maximum Gasteiger partial charge on any atom is 0.339 e. The van der Waals surface area contributed by atoms with Gasteiger partial charge in [-0.15, -0.1) is 0 Å². The number of furan rings is 1. The summed E-state index contributed by atoms with van der Waals surface area (Å²) >= 11 is 0. The molecule has 3 heterocycles. The van der Waals surface area contributed by atoms with E-state index in [1.165, 1.54) is 25.2 Å². The number of nitrogens with one attached hydrogen (secondary N) is 1. The minimum atomic E-state index is -1.08. The fraction of sp³-hybridized carbons (Fsp3) is 0.429. The molecule has 9 nitrogen and oxygen atoms in total. The number of carbonyl (C=O) groups is 4. The summed E-state index contributed by atoms with van der Waals surface area (Å²) in [5.74, 6) is -1.83. The van der Waals surface area contributed by atoms with Gasteiger partial charge in [0.05, 0.1) is 37.1 Å². The van der Waals surface area contributed by atoms with Crippen molar-refractivity contribution in [2.24, 2.45) is 5.92 Å². The highest BCUT2D eigenvalue weighted by Crippen LogP contribution is 2.24. The summed E-state index contributed by atoms with van der Waals surface area (Å²) in [5, 5.41) is 0. The van der Waals surface area contributed by atoms with Gasteiger partial charge in [-0.2, -0.15) is 0 Å². The van der Waals surface area contributed by atoms with Gasteiger partial charge in [-0.1, -0.05) is 0 Å². The first-order valence-corrected chi connectivity index (χ1v) is 9.55. The first-order valence-electron chi connectivity index (χ1n) is 9.55.